The van der Waals surface area contributed by atoms with Crippen molar-refractivity contribution in [2.24, 2.45) is 0 Å². The second-order valence-corrected chi connectivity index (χ2v) is 2.83. The summed E-state index contributed by atoms with van der Waals surface area (Å²) in [6.45, 7) is 2.08. The maximum absolute atomic E-state index is 11.3. The van der Waals surface area contributed by atoms with E-state index in [0.29, 0.717) is 12.6 Å². The lowest BCUT2D eigenvalue weighted by molar-refractivity contribution is -0.126. The zero-order valence-electron chi connectivity index (χ0n) is 7.21. The molecule has 1 fully saturated rings. The van der Waals surface area contributed by atoms with E-state index in [1.807, 2.05) is 0 Å². The number of amides is 1. The van der Waals surface area contributed by atoms with E-state index in [1.54, 1.807) is 11.8 Å². The average molecular weight is 167 g/mol. The predicted octanol–water partition coefficient (Wildman–Crippen LogP) is -0.00700. The van der Waals surface area contributed by atoms with E-state index < -0.39 is 0 Å². The zero-order chi connectivity index (χ0) is 8.97. The van der Waals surface area contributed by atoms with Crippen LogP contribution in [0.4, 0.5) is 0 Å². The fourth-order valence-electron chi connectivity index (χ4n) is 1.12. The molecule has 1 aliphatic rings. The van der Waals surface area contributed by atoms with Gasteiger partial charge in [0.05, 0.1) is 6.61 Å². The summed E-state index contributed by atoms with van der Waals surface area (Å²) in [5.74, 6) is 4.89. The lowest BCUT2D eigenvalue weighted by Gasteiger charge is -2.17. The quantitative estimate of drug-likeness (QED) is 0.601. The van der Waals surface area contributed by atoms with Crippen molar-refractivity contribution in [1.29, 1.82) is 0 Å². The lowest BCUT2D eigenvalue weighted by atomic mass is 10.4. The molecule has 1 amide bonds. The SMILES string of the molecule is CC#CC(=O)N(CCO)C1CC1. The van der Waals surface area contributed by atoms with E-state index in [0.717, 1.165) is 12.8 Å². The van der Waals surface area contributed by atoms with Gasteiger partial charge in [-0.3, -0.25) is 4.79 Å². The fraction of sp³-hybridized carbons (Fsp3) is 0.667. The maximum Gasteiger partial charge on any atom is 0.298 e. The standard InChI is InChI=1S/C9H13NO2/c1-2-3-9(12)10(6-7-11)8-4-5-8/h8,11H,4-7H2,1H3. The summed E-state index contributed by atoms with van der Waals surface area (Å²) in [5, 5.41) is 8.69. The first-order valence-corrected chi connectivity index (χ1v) is 4.13. The number of carbonyl (C=O) groups excluding carboxylic acids is 1. The van der Waals surface area contributed by atoms with Crippen LogP contribution in [-0.4, -0.2) is 35.1 Å². The minimum atomic E-state index is -0.158. The summed E-state index contributed by atoms with van der Waals surface area (Å²) in [6.07, 6.45) is 2.11. The van der Waals surface area contributed by atoms with E-state index in [4.69, 9.17) is 5.11 Å². The van der Waals surface area contributed by atoms with Crippen LogP contribution in [0, 0.1) is 11.8 Å². The first-order valence-electron chi connectivity index (χ1n) is 4.13. The van der Waals surface area contributed by atoms with Crippen LogP contribution in [0.15, 0.2) is 0 Å². The highest BCUT2D eigenvalue weighted by Gasteiger charge is 2.31. The summed E-state index contributed by atoms with van der Waals surface area (Å²) in [6, 6.07) is 0.338. The van der Waals surface area contributed by atoms with Gasteiger partial charge in [0.2, 0.25) is 0 Å². The minimum absolute atomic E-state index is 0.0215. The number of carbonyl (C=O) groups is 1. The van der Waals surface area contributed by atoms with Crippen LogP contribution < -0.4 is 0 Å². The highest BCUT2D eigenvalue weighted by Crippen LogP contribution is 2.26. The smallest absolute Gasteiger partial charge is 0.298 e. The van der Waals surface area contributed by atoms with Gasteiger partial charge in [-0.25, -0.2) is 0 Å². The Morgan fingerprint density at radius 1 is 1.67 bits per heavy atom. The van der Waals surface area contributed by atoms with Crippen LogP contribution in [0.2, 0.25) is 0 Å². The van der Waals surface area contributed by atoms with Gasteiger partial charge in [0.15, 0.2) is 0 Å². The van der Waals surface area contributed by atoms with Gasteiger partial charge in [0.25, 0.3) is 5.91 Å². The van der Waals surface area contributed by atoms with Gasteiger partial charge in [0.1, 0.15) is 0 Å². The molecule has 0 aromatic heterocycles. The molecule has 0 bridgehead atoms. The van der Waals surface area contributed by atoms with Crippen molar-refractivity contribution in [1.82, 2.24) is 4.90 Å². The van der Waals surface area contributed by atoms with Crippen molar-refractivity contribution in [3.63, 3.8) is 0 Å². The molecule has 0 aliphatic heterocycles. The third-order valence-corrected chi connectivity index (χ3v) is 1.82. The average Bonchev–Trinajstić information content (AvgIpc) is 2.83. The van der Waals surface area contributed by atoms with Crippen molar-refractivity contribution >= 4 is 5.91 Å². The summed E-state index contributed by atoms with van der Waals surface area (Å²) >= 11 is 0. The molecule has 1 saturated carbocycles. The Hall–Kier alpha value is -1.01. The number of nitrogens with zero attached hydrogens (tertiary/aromatic N) is 1. The van der Waals surface area contributed by atoms with Gasteiger partial charge in [-0.1, -0.05) is 5.92 Å². The number of aliphatic hydroxyl groups excluding tert-OH is 1. The van der Waals surface area contributed by atoms with Crippen molar-refractivity contribution in [3.05, 3.63) is 0 Å². The molecule has 0 atom stereocenters. The highest BCUT2D eigenvalue weighted by atomic mass is 16.3. The van der Waals surface area contributed by atoms with Crippen molar-refractivity contribution in [2.45, 2.75) is 25.8 Å². The van der Waals surface area contributed by atoms with E-state index in [9.17, 15) is 4.79 Å². The van der Waals surface area contributed by atoms with Crippen LogP contribution in [-0.2, 0) is 4.79 Å². The van der Waals surface area contributed by atoms with E-state index in [1.165, 1.54) is 0 Å². The molecule has 12 heavy (non-hydrogen) atoms. The second kappa shape index (κ2) is 4.13. The number of hydrogen-bond acceptors (Lipinski definition) is 2. The molecule has 3 heteroatoms. The number of hydrogen-bond donors (Lipinski definition) is 1. The summed E-state index contributed by atoms with van der Waals surface area (Å²) < 4.78 is 0. The van der Waals surface area contributed by atoms with Crippen LogP contribution in [0.5, 0.6) is 0 Å². The van der Waals surface area contributed by atoms with Gasteiger partial charge in [-0.15, -0.1) is 0 Å². The third kappa shape index (κ3) is 2.24. The Balaban J connectivity index is 2.49. The third-order valence-electron chi connectivity index (χ3n) is 1.82. The van der Waals surface area contributed by atoms with Crippen LogP contribution in [0.25, 0.3) is 0 Å². The Labute approximate surface area is 72.4 Å². The topological polar surface area (TPSA) is 40.5 Å². The molecule has 0 unspecified atom stereocenters. The molecule has 0 spiro atoms. The van der Waals surface area contributed by atoms with Crippen LogP contribution >= 0.6 is 0 Å². The molecule has 0 saturated heterocycles. The normalized spacial score (nSPS) is 14.8. The Morgan fingerprint density at radius 3 is 2.75 bits per heavy atom. The lowest BCUT2D eigenvalue weighted by Crippen LogP contribution is -2.34. The molecule has 1 aliphatic carbocycles. The van der Waals surface area contributed by atoms with Gasteiger partial charge < -0.3 is 10.0 Å². The van der Waals surface area contributed by atoms with Crippen LogP contribution in [0.1, 0.15) is 19.8 Å². The van der Waals surface area contributed by atoms with Gasteiger partial charge in [-0.2, -0.15) is 0 Å². The maximum atomic E-state index is 11.3. The summed E-state index contributed by atoms with van der Waals surface area (Å²) in [4.78, 5) is 12.9. The van der Waals surface area contributed by atoms with Crippen LogP contribution in [0.3, 0.4) is 0 Å². The molecule has 3 nitrogen and oxygen atoms in total. The molecule has 1 rings (SSSR count). The fourth-order valence-corrected chi connectivity index (χ4v) is 1.12. The Kier molecular flexibility index (Phi) is 3.12. The van der Waals surface area contributed by atoms with E-state index >= 15 is 0 Å². The first-order chi connectivity index (χ1) is 5.79. The number of aliphatic hydroxyl groups is 1. The molecule has 66 valence electrons. The highest BCUT2D eigenvalue weighted by molar-refractivity contribution is 5.93. The van der Waals surface area contributed by atoms with E-state index in [-0.39, 0.29) is 12.5 Å². The second-order valence-electron chi connectivity index (χ2n) is 2.83. The minimum Gasteiger partial charge on any atom is -0.395 e. The molecule has 0 aromatic carbocycles. The predicted molar refractivity (Wildman–Crippen MR) is 45.3 cm³/mol. The summed E-state index contributed by atoms with van der Waals surface area (Å²) in [7, 11) is 0. The van der Waals surface area contributed by atoms with Gasteiger partial charge in [-0.05, 0) is 25.7 Å². The molecule has 1 N–H and O–H groups in total. The van der Waals surface area contributed by atoms with Crippen molar-refractivity contribution in [2.75, 3.05) is 13.2 Å². The first kappa shape index (κ1) is 9.08. The van der Waals surface area contributed by atoms with Crippen molar-refractivity contribution < 1.29 is 9.90 Å². The van der Waals surface area contributed by atoms with Crippen molar-refractivity contribution in [3.8, 4) is 11.8 Å². The Morgan fingerprint density at radius 2 is 2.33 bits per heavy atom. The number of rotatable bonds is 3. The zero-order valence-corrected chi connectivity index (χ0v) is 7.21. The largest absolute Gasteiger partial charge is 0.395 e. The Bertz CT molecular complexity index is 222. The van der Waals surface area contributed by atoms with Gasteiger partial charge in [0, 0.05) is 12.6 Å². The molecule has 0 radical (unpaired) electrons. The molecule has 0 aromatic rings. The monoisotopic (exact) mass is 167 g/mol. The van der Waals surface area contributed by atoms with E-state index in [2.05, 4.69) is 11.8 Å². The molecule has 0 heterocycles. The summed E-state index contributed by atoms with van der Waals surface area (Å²) in [5.41, 5.74) is 0. The van der Waals surface area contributed by atoms with Gasteiger partial charge >= 0.3 is 0 Å². The molecular weight excluding hydrogens is 154 g/mol. The molecular formula is C9H13NO2.